The number of carboxylic acid groups (broad SMARTS) is 1. The van der Waals surface area contributed by atoms with Gasteiger partial charge < -0.3 is 20.5 Å². The Labute approximate surface area is 189 Å². The highest BCUT2D eigenvalue weighted by Gasteiger charge is 2.72. The van der Waals surface area contributed by atoms with Crippen LogP contribution in [0.1, 0.15) is 30.9 Å². The Balaban J connectivity index is 1.33. The van der Waals surface area contributed by atoms with Gasteiger partial charge in [0.15, 0.2) is 0 Å². The van der Waals surface area contributed by atoms with Crippen molar-refractivity contribution in [2.75, 3.05) is 13.2 Å². The van der Waals surface area contributed by atoms with Crippen LogP contribution in [0.15, 0.2) is 48.5 Å². The third kappa shape index (κ3) is 4.15. The lowest BCUT2D eigenvalue weighted by Gasteiger charge is -2.20. The lowest BCUT2D eigenvalue weighted by molar-refractivity contribution is -0.146. The molecule has 2 unspecified atom stereocenters. The van der Waals surface area contributed by atoms with Crippen molar-refractivity contribution in [1.82, 2.24) is 10.6 Å². The molecule has 2 atom stereocenters. The van der Waals surface area contributed by atoms with Gasteiger partial charge in [-0.25, -0.2) is 18.4 Å². The van der Waals surface area contributed by atoms with Gasteiger partial charge in [0.1, 0.15) is 18.1 Å². The summed E-state index contributed by atoms with van der Waals surface area (Å²) in [4.78, 5) is 35.5. The molecule has 0 bridgehead atoms. The van der Waals surface area contributed by atoms with Crippen LogP contribution < -0.4 is 10.6 Å². The third-order valence-electron chi connectivity index (χ3n) is 6.27. The lowest BCUT2D eigenvalue weighted by Crippen LogP contribution is -2.50. The number of aliphatic carboxylic acids is 1. The van der Waals surface area contributed by atoms with E-state index < -0.39 is 47.8 Å². The fraction of sp³-hybridized carbons (Fsp3) is 0.375. The number of alkyl halides is 2. The van der Waals surface area contributed by atoms with Crippen LogP contribution in [0.25, 0.3) is 11.1 Å². The van der Waals surface area contributed by atoms with Crippen LogP contribution in [0, 0.1) is 11.8 Å². The van der Waals surface area contributed by atoms with Crippen LogP contribution in [0.4, 0.5) is 13.6 Å². The summed E-state index contributed by atoms with van der Waals surface area (Å²) in [6.07, 6.45) is -0.857. The van der Waals surface area contributed by atoms with Gasteiger partial charge in [0, 0.05) is 12.5 Å². The van der Waals surface area contributed by atoms with Crippen LogP contribution in [-0.2, 0) is 14.3 Å². The molecule has 2 aromatic carbocycles. The first-order chi connectivity index (χ1) is 15.5. The molecule has 2 amide bonds. The summed E-state index contributed by atoms with van der Waals surface area (Å²) in [6.45, 7) is 1.99. The number of carboxylic acids is 1. The number of amides is 2. The molecule has 0 aromatic heterocycles. The number of halogens is 2. The minimum absolute atomic E-state index is 0.0393. The van der Waals surface area contributed by atoms with E-state index in [9.17, 15) is 23.2 Å². The zero-order valence-electron chi connectivity index (χ0n) is 18.1. The second-order valence-corrected chi connectivity index (χ2v) is 8.88. The second kappa shape index (κ2) is 8.13. The Hall–Kier alpha value is -3.49. The summed E-state index contributed by atoms with van der Waals surface area (Å²) in [6, 6.07) is 15.6. The number of hydrogen-bond acceptors (Lipinski definition) is 4. The molecule has 2 aliphatic carbocycles. The van der Waals surface area contributed by atoms with Gasteiger partial charge in [0.2, 0.25) is 5.91 Å². The summed E-state index contributed by atoms with van der Waals surface area (Å²) < 4.78 is 33.5. The minimum atomic E-state index is -3.34. The number of ether oxygens (including phenoxy) is 1. The summed E-state index contributed by atoms with van der Waals surface area (Å²) in [5, 5.41) is 13.5. The van der Waals surface area contributed by atoms with Crippen molar-refractivity contribution in [2.24, 2.45) is 11.8 Å². The molecule has 174 valence electrons. The molecular formula is C24H24F2N2O5. The quantitative estimate of drug-likeness (QED) is 0.590. The zero-order chi connectivity index (χ0) is 24.0. The molecule has 9 heteroatoms. The van der Waals surface area contributed by atoms with Gasteiger partial charge in [0.25, 0.3) is 5.92 Å². The highest BCUT2D eigenvalue weighted by Crippen LogP contribution is 2.55. The van der Waals surface area contributed by atoms with E-state index in [4.69, 9.17) is 9.84 Å². The van der Waals surface area contributed by atoms with Crippen molar-refractivity contribution < 1.29 is 33.0 Å². The maximum Gasteiger partial charge on any atom is 0.407 e. The van der Waals surface area contributed by atoms with Crippen LogP contribution >= 0.6 is 0 Å². The summed E-state index contributed by atoms with van der Waals surface area (Å²) >= 11 is 0. The van der Waals surface area contributed by atoms with E-state index in [-0.39, 0.29) is 12.5 Å². The predicted molar refractivity (Wildman–Crippen MR) is 115 cm³/mol. The molecule has 0 saturated heterocycles. The fourth-order valence-electron chi connectivity index (χ4n) is 4.28. The Morgan fingerprint density at radius 2 is 1.58 bits per heavy atom. The summed E-state index contributed by atoms with van der Waals surface area (Å²) in [5.41, 5.74) is 2.51. The van der Waals surface area contributed by atoms with Crippen molar-refractivity contribution >= 4 is 18.0 Å². The van der Waals surface area contributed by atoms with Crippen molar-refractivity contribution in [3.63, 3.8) is 0 Å². The number of nitrogens with one attached hydrogen (secondary N) is 2. The van der Waals surface area contributed by atoms with Gasteiger partial charge in [0.05, 0.1) is 5.92 Å². The van der Waals surface area contributed by atoms with E-state index in [1.54, 1.807) is 0 Å². The van der Waals surface area contributed by atoms with Gasteiger partial charge in [-0.05, 0) is 36.1 Å². The van der Waals surface area contributed by atoms with E-state index in [0.29, 0.717) is 0 Å². The highest BCUT2D eigenvalue weighted by molar-refractivity contribution is 5.90. The van der Waals surface area contributed by atoms with Crippen LogP contribution in [-0.4, -0.2) is 47.7 Å². The molecule has 0 spiro atoms. The van der Waals surface area contributed by atoms with Crippen molar-refractivity contribution in [3.8, 4) is 11.1 Å². The number of fused-ring (bicyclic) bond motifs is 3. The topological polar surface area (TPSA) is 105 Å². The Bertz CT molecular complexity index is 1070. The van der Waals surface area contributed by atoms with Crippen LogP contribution in [0.5, 0.6) is 0 Å². The maximum atomic E-state index is 14.1. The van der Waals surface area contributed by atoms with Crippen molar-refractivity contribution in [1.29, 1.82) is 0 Å². The molecule has 0 aliphatic heterocycles. The van der Waals surface area contributed by atoms with Gasteiger partial charge in [-0.3, -0.25) is 4.79 Å². The minimum Gasteiger partial charge on any atom is -0.480 e. The van der Waals surface area contributed by atoms with E-state index in [1.165, 1.54) is 13.8 Å². The summed E-state index contributed by atoms with van der Waals surface area (Å²) in [5.74, 6) is -9.04. The van der Waals surface area contributed by atoms with Crippen molar-refractivity contribution in [2.45, 2.75) is 31.2 Å². The monoisotopic (exact) mass is 458 g/mol. The van der Waals surface area contributed by atoms with E-state index in [1.807, 2.05) is 48.5 Å². The molecule has 1 fully saturated rings. The van der Waals surface area contributed by atoms with Gasteiger partial charge >= 0.3 is 12.1 Å². The SMILES string of the molecule is CC(C)(NC(=O)C1C(CNC(=O)OCC2c3ccccc3-c3ccccc32)C1(F)F)C(=O)O. The molecular weight excluding hydrogens is 434 g/mol. The maximum absolute atomic E-state index is 14.1. The first-order valence-corrected chi connectivity index (χ1v) is 10.6. The Morgan fingerprint density at radius 3 is 2.12 bits per heavy atom. The molecule has 4 rings (SSSR count). The van der Waals surface area contributed by atoms with E-state index in [2.05, 4.69) is 10.6 Å². The molecule has 0 radical (unpaired) electrons. The van der Waals surface area contributed by atoms with Crippen LogP contribution in [0.3, 0.4) is 0 Å². The molecule has 2 aliphatic rings. The number of benzene rings is 2. The average Bonchev–Trinajstić information content (AvgIpc) is 3.17. The standard InChI is InChI=1S/C24H24F2N2O5/c1-23(2,21(30)31)28-20(29)19-18(24(19,25)26)11-27-22(32)33-12-17-15-9-5-3-7-13(15)14-8-4-6-10-16(14)17/h3-10,17-19H,11-12H2,1-2H3,(H,27,32)(H,28,29)(H,30,31). The molecule has 7 nitrogen and oxygen atoms in total. The number of rotatable bonds is 7. The molecule has 2 aromatic rings. The van der Waals surface area contributed by atoms with Crippen molar-refractivity contribution in [3.05, 3.63) is 59.7 Å². The normalized spacial score (nSPS) is 20.4. The zero-order valence-corrected chi connectivity index (χ0v) is 18.1. The lowest BCUT2D eigenvalue weighted by atomic mass is 9.98. The molecule has 33 heavy (non-hydrogen) atoms. The second-order valence-electron chi connectivity index (χ2n) is 8.88. The number of hydrogen-bond donors (Lipinski definition) is 3. The average molecular weight is 458 g/mol. The van der Waals surface area contributed by atoms with E-state index in [0.717, 1.165) is 22.3 Å². The predicted octanol–water partition coefficient (Wildman–Crippen LogP) is 3.39. The molecule has 0 heterocycles. The van der Waals surface area contributed by atoms with Gasteiger partial charge in [-0.2, -0.15) is 0 Å². The largest absolute Gasteiger partial charge is 0.480 e. The number of carbonyl (C=O) groups is 3. The smallest absolute Gasteiger partial charge is 0.407 e. The molecule has 1 saturated carbocycles. The summed E-state index contributed by atoms with van der Waals surface area (Å²) in [7, 11) is 0. The Morgan fingerprint density at radius 1 is 1.03 bits per heavy atom. The number of carbonyl (C=O) groups excluding carboxylic acids is 2. The first kappa shape index (κ1) is 22.7. The molecule has 3 N–H and O–H groups in total. The number of alkyl carbamates (subject to hydrolysis) is 1. The van der Waals surface area contributed by atoms with Crippen LogP contribution in [0.2, 0.25) is 0 Å². The fourth-order valence-corrected chi connectivity index (χ4v) is 4.28. The van der Waals surface area contributed by atoms with Gasteiger partial charge in [-0.15, -0.1) is 0 Å². The van der Waals surface area contributed by atoms with E-state index >= 15 is 0 Å². The van der Waals surface area contributed by atoms with Gasteiger partial charge in [-0.1, -0.05) is 48.5 Å². The third-order valence-corrected chi connectivity index (χ3v) is 6.27. The first-order valence-electron chi connectivity index (χ1n) is 10.6. The highest BCUT2D eigenvalue weighted by atomic mass is 19.3. The Kier molecular flexibility index (Phi) is 5.59.